The van der Waals surface area contributed by atoms with Crippen LogP contribution in [0.4, 0.5) is 0 Å². The zero-order valence-corrected chi connectivity index (χ0v) is 26.0. The third-order valence-corrected chi connectivity index (χ3v) is 9.82. The van der Waals surface area contributed by atoms with E-state index in [1.54, 1.807) is 0 Å². The minimum Gasteiger partial charge on any atom is -0.328 e. The van der Waals surface area contributed by atoms with E-state index in [0.717, 1.165) is 30.6 Å². The summed E-state index contributed by atoms with van der Waals surface area (Å²) in [6.45, 7) is 13.2. The van der Waals surface area contributed by atoms with Gasteiger partial charge in [-0.15, -0.1) is 0 Å². The standard InChI is InChI=1S/C32H65O3P/c1-6-9-11-13-15-17-19-22-30-28(4)24-26-34-36(33)35-27-25-29(5)31(32(30)21-8-3)23-20-18-16-14-12-10-7-2/h28-33H,6-27H2,1-5H3. The van der Waals surface area contributed by atoms with Gasteiger partial charge in [0.15, 0.2) is 0 Å². The normalized spacial score (nSPS) is 28.5. The molecule has 4 unspecified atom stereocenters. The Kier molecular flexibility index (Phi) is 22.1. The molecule has 4 heteroatoms. The lowest BCUT2D eigenvalue weighted by molar-refractivity contribution is 0.0700. The zero-order valence-electron chi connectivity index (χ0n) is 25.2. The lowest BCUT2D eigenvalue weighted by Crippen LogP contribution is -2.33. The third kappa shape index (κ3) is 15.7. The molecule has 0 aromatic rings. The van der Waals surface area contributed by atoms with Gasteiger partial charge in [-0.1, -0.05) is 137 Å². The molecule has 0 spiro atoms. The lowest BCUT2D eigenvalue weighted by Gasteiger charge is -2.41. The van der Waals surface area contributed by atoms with Crippen molar-refractivity contribution < 1.29 is 13.9 Å². The van der Waals surface area contributed by atoms with Crippen LogP contribution in [0.15, 0.2) is 0 Å². The SMILES string of the molecule is CCCCCCCCCC1C(C)CCOP(O)OCCC(C)C(CCCCCCCCC)C1CCC. The Hall–Kier alpha value is 0.310. The summed E-state index contributed by atoms with van der Waals surface area (Å²) in [4.78, 5) is 10.2. The van der Waals surface area contributed by atoms with Gasteiger partial charge < -0.3 is 13.9 Å². The highest BCUT2D eigenvalue weighted by molar-refractivity contribution is 7.40. The molecule has 0 amide bonds. The van der Waals surface area contributed by atoms with Gasteiger partial charge in [-0.05, 0) is 55.3 Å². The maximum Gasteiger partial charge on any atom is 0.329 e. The number of unbranched alkanes of at least 4 members (excludes halogenated alkanes) is 12. The van der Waals surface area contributed by atoms with Gasteiger partial charge in [-0.3, -0.25) is 0 Å². The maximum atomic E-state index is 10.2. The van der Waals surface area contributed by atoms with Gasteiger partial charge in [0.05, 0.1) is 13.2 Å². The van der Waals surface area contributed by atoms with Crippen LogP contribution in [0.5, 0.6) is 0 Å². The topological polar surface area (TPSA) is 38.7 Å². The molecule has 0 aliphatic carbocycles. The van der Waals surface area contributed by atoms with Gasteiger partial charge in [0, 0.05) is 0 Å². The lowest BCUT2D eigenvalue weighted by atomic mass is 9.65. The first-order valence-electron chi connectivity index (χ1n) is 16.3. The summed E-state index contributed by atoms with van der Waals surface area (Å²) in [7, 11) is -1.71. The van der Waals surface area contributed by atoms with Crippen LogP contribution in [-0.4, -0.2) is 18.1 Å². The minimum atomic E-state index is -1.71. The summed E-state index contributed by atoms with van der Waals surface area (Å²) in [5, 5.41) is 0. The van der Waals surface area contributed by atoms with E-state index in [4.69, 9.17) is 9.05 Å². The first kappa shape index (κ1) is 34.3. The van der Waals surface area contributed by atoms with Gasteiger partial charge in [0.2, 0.25) is 0 Å². The van der Waals surface area contributed by atoms with Crippen molar-refractivity contribution in [2.75, 3.05) is 13.2 Å². The average molecular weight is 529 g/mol. The third-order valence-electron chi connectivity index (χ3n) is 9.02. The van der Waals surface area contributed by atoms with E-state index >= 15 is 0 Å². The molecular formula is C32H65O3P. The van der Waals surface area contributed by atoms with Crippen LogP contribution in [0.1, 0.15) is 163 Å². The zero-order chi connectivity index (χ0) is 26.4. The fourth-order valence-corrected chi connectivity index (χ4v) is 7.29. The van der Waals surface area contributed by atoms with Crippen molar-refractivity contribution in [3.63, 3.8) is 0 Å². The molecule has 216 valence electrons. The van der Waals surface area contributed by atoms with Crippen LogP contribution >= 0.6 is 8.60 Å². The summed E-state index contributed by atoms with van der Waals surface area (Å²) in [6.07, 6.45) is 27.0. The van der Waals surface area contributed by atoms with Crippen LogP contribution in [0.2, 0.25) is 0 Å². The molecule has 0 aromatic carbocycles. The van der Waals surface area contributed by atoms with E-state index < -0.39 is 8.60 Å². The molecular weight excluding hydrogens is 463 g/mol. The summed E-state index contributed by atoms with van der Waals surface area (Å²) in [5.41, 5.74) is 0. The monoisotopic (exact) mass is 528 g/mol. The molecule has 4 atom stereocenters. The molecule has 1 aliphatic heterocycles. The van der Waals surface area contributed by atoms with Crippen LogP contribution < -0.4 is 0 Å². The summed E-state index contributed by atoms with van der Waals surface area (Å²) >= 11 is 0. The van der Waals surface area contributed by atoms with E-state index in [1.807, 2.05) is 0 Å². The summed E-state index contributed by atoms with van der Waals surface area (Å²) < 4.78 is 11.4. The number of hydrogen-bond acceptors (Lipinski definition) is 3. The van der Waals surface area contributed by atoms with Crippen molar-refractivity contribution in [3.8, 4) is 0 Å². The highest BCUT2D eigenvalue weighted by atomic mass is 31.2. The molecule has 36 heavy (non-hydrogen) atoms. The first-order chi connectivity index (χ1) is 17.5. The largest absolute Gasteiger partial charge is 0.329 e. The van der Waals surface area contributed by atoms with E-state index in [-0.39, 0.29) is 0 Å². The Bertz CT molecular complexity index is 436. The molecule has 1 N–H and O–H groups in total. The van der Waals surface area contributed by atoms with Crippen molar-refractivity contribution in [1.29, 1.82) is 0 Å². The number of hydrogen-bond donors (Lipinski definition) is 1. The Morgan fingerprint density at radius 2 is 0.917 bits per heavy atom. The minimum absolute atomic E-state index is 0.633. The first-order valence-corrected chi connectivity index (χ1v) is 17.4. The second kappa shape index (κ2) is 23.2. The Labute approximate surface area is 228 Å². The molecule has 0 saturated carbocycles. The van der Waals surface area contributed by atoms with Crippen molar-refractivity contribution in [2.24, 2.45) is 29.6 Å². The molecule has 1 saturated heterocycles. The molecule has 1 heterocycles. The van der Waals surface area contributed by atoms with Gasteiger partial charge in [-0.25, -0.2) is 0 Å². The van der Waals surface area contributed by atoms with E-state index in [2.05, 4.69) is 34.6 Å². The summed E-state index contributed by atoms with van der Waals surface area (Å²) in [6, 6.07) is 0. The van der Waals surface area contributed by atoms with Crippen molar-refractivity contribution in [1.82, 2.24) is 0 Å². The quantitative estimate of drug-likeness (QED) is 0.142. The second-order valence-electron chi connectivity index (χ2n) is 12.0. The highest BCUT2D eigenvalue weighted by Gasteiger charge is 2.35. The Morgan fingerprint density at radius 1 is 0.528 bits per heavy atom. The van der Waals surface area contributed by atoms with E-state index in [9.17, 15) is 4.89 Å². The Morgan fingerprint density at radius 3 is 1.31 bits per heavy atom. The van der Waals surface area contributed by atoms with Gasteiger partial charge >= 0.3 is 8.60 Å². The predicted octanol–water partition coefficient (Wildman–Crippen LogP) is 11.2. The molecule has 3 nitrogen and oxygen atoms in total. The average Bonchev–Trinajstić information content (AvgIpc) is 2.86. The van der Waals surface area contributed by atoms with Crippen molar-refractivity contribution >= 4 is 8.60 Å². The van der Waals surface area contributed by atoms with Crippen LogP contribution in [0.25, 0.3) is 0 Å². The second-order valence-corrected chi connectivity index (χ2v) is 13.0. The molecule has 0 aromatic heterocycles. The molecule has 1 rings (SSSR count). The maximum absolute atomic E-state index is 10.2. The fraction of sp³-hybridized carbons (Fsp3) is 1.00. The molecule has 0 radical (unpaired) electrons. The van der Waals surface area contributed by atoms with Gasteiger partial charge in [-0.2, -0.15) is 0 Å². The van der Waals surface area contributed by atoms with Crippen LogP contribution in [-0.2, 0) is 9.05 Å². The van der Waals surface area contributed by atoms with Crippen LogP contribution in [0, 0.1) is 29.6 Å². The smallest absolute Gasteiger partial charge is 0.328 e. The van der Waals surface area contributed by atoms with E-state index in [1.165, 1.54) is 116 Å². The molecule has 1 aliphatic rings. The van der Waals surface area contributed by atoms with Gasteiger partial charge in [0.25, 0.3) is 0 Å². The number of rotatable bonds is 18. The molecule has 1 fully saturated rings. The van der Waals surface area contributed by atoms with Gasteiger partial charge in [0.1, 0.15) is 0 Å². The molecule has 0 bridgehead atoms. The highest BCUT2D eigenvalue weighted by Crippen LogP contribution is 2.44. The van der Waals surface area contributed by atoms with Crippen LogP contribution in [0.3, 0.4) is 0 Å². The van der Waals surface area contributed by atoms with Crippen molar-refractivity contribution in [2.45, 2.75) is 163 Å². The fourth-order valence-electron chi connectivity index (χ4n) is 6.69. The van der Waals surface area contributed by atoms with Crippen molar-refractivity contribution in [3.05, 3.63) is 0 Å². The van der Waals surface area contributed by atoms with E-state index in [0.29, 0.717) is 25.0 Å². The predicted molar refractivity (Wildman–Crippen MR) is 159 cm³/mol. The Balaban J connectivity index is 2.87. The summed E-state index contributed by atoms with van der Waals surface area (Å²) in [5.74, 6) is 3.68.